The zero-order valence-electron chi connectivity index (χ0n) is 14.3. The molecule has 148 valence electrons. The topological polar surface area (TPSA) is 85.6 Å². The van der Waals surface area contributed by atoms with Crippen LogP contribution in [0.2, 0.25) is 0 Å². The molecule has 0 aliphatic rings. The third-order valence-corrected chi connectivity index (χ3v) is 4.72. The first-order valence-corrected chi connectivity index (χ1v) is 9.42. The van der Waals surface area contributed by atoms with Crippen LogP contribution in [0, 0.1) is 0 Å². The average Bonchev–Trinajstić information content (AvgIpc) is 3.10. The molecule has 0 radical (unpaired) electrons. The number of nitrogens with one attached hydrogen (secondary N) is 1. The summed E-state index contributed by atoms with van der Waals surface area (Å²) >= 11 is 0. The Hall–Kier alpha value is -2.49. The molecule has 0 fully saturated rings. The molecule has 0 saturated heterocycles. The minimum Gasteiger partial charge on any atom is -0.469 e. The maximum atomic E-state index is 12.3. The molecule has 1 heterocycles. The van der Waals surface area contributed by atoms with Crippen LogP contribution in [-0.4, -0.2) is 26.4 Å². The second-order valence-corrected chi connectivity index (χ2v) is 7.29. The molecule has 1 atom stereocenters. The molecule has 1 aromatic carbocycles. The molecule has 0 aliphatic heterocycles. The zero-order valence-corrected chi connectivity index (χ0v) is 15.1. The van der Waals surface area contributed by atoms with Crippen molar-refractivity contribution < 1.29 is 35.0 Å². The van der Waals surface area contributed by atoms with Gasteiger partial charge in [0.2, 0.25) is 5.91 Å². The first-order valence-electron chi connectivity index (χ1n) is 8.01. The van der Waals surface area contributed by atoms with E-state index in [0.29, 0.717) is 24.9 Å². The molecule has 0 saturated carbocycles. The lowest BCUT2D eigenvalue weighted by molar-refractivity contribution is -0.122. The minimum atomic E-state index is -5.72. The van der Waals surface area contributed by atoms with Crippen LogP contribution in [0.5, 0.6) is 5.75 Å². The van der Waals surface area contributed by atoms with Crippen molar-refractivity contribution >= 4 is 16.0 Å². The molecule has 0 bridgehead atoms. The van der Waals surface area contributed by atoms with Gasteiger partial charge in [0.25, 0.3) is 0 Å². The number of hydrogen-bond acceptors (Lipinski definition) is 5. The highest BCUT2D eigenvalue weighted by Gasteiger charge is 2.48. The highest BCUT2D eigenvalue weighted by molar-refractivity contribution is 7.88. The molecule has 0 spiro atoms. The second kappa shape index (κ2) is 8.47. The van der Waals surface area contributed by atoms with Gasteiger partial charge in [-0.3, -0.25) is 4.79 Å². The van der Waals surface area contributed by atoms with E-state index in [4.69, 9.17) is 4.42 Å². The number of rotatable bonds is 8. The highest BCUT2D eigenvalue weighted by Crippen LogP contribution is 2.27. The summed E-state index contributed by atoms with van der Waals surface area (Å²) in [5, 5.41) is 2.76. The van der Waals surface area contributed by atoms with Gasteiger partial charge < -0.3 is 13.9 Å². The Morgan fingerprint density at radius 2 is 1.89 bits per heavy atom. The third kappa shape index (κ3) is 5.75. The highest BCUT2D eigenvalue weighted by atomic mass is 32.2. The lowest BCUT2D eigenvalue weighted by Crippen LogP contribution is -2.29. The maximum Gasteiger partial charge on any atom is 0.534 e. The van der Waals surface area contributed by atoms with Crippen molar-refractivity contribution in [1.82, 2.24) is 5.32 Å². The number of furan rings is 1. The molecule has 2 rings (SSSR count). The Kier molecular flexibility index (Phi) is 6.53. The summed E-state index contributed by atoms with van der Waals surface area (Å²) in [6.07, 6.45) is 2.94. The van der Waals surface area contributed by atoms with E-state index in [1.54, 1.807) is 19.3 Å². The molecule has 2 aromatic rings. The van der Waals surface area contributed by atoms with Gasteiger partial charge in [0.05, 0.1) is 12.2 Å². The largest absolute Gasteiger partial charge is 0.534 e. The summed E-state index contributed by atoms with van der Waals surface area (Å²) in [7, 11) is -5.72. The molecule has 1 unspecified atom stereocenters. The van der Waals surface area contributed by atoms with Crippen LogP contribution in [0.1, 0.15) is 30.6 Å². The van der Waals surface area contributed by atoms with Crippen molar-refractivity contribution in [2.24, 2.45) is 0 Å². The Morgan fingerprint density at radius 1 is 1.22 bits per heavy atom. The molecule has 1 amide bonds. The molecule has 1 N–H and O–H groups in total. The molecular formula is C17H18F3NO5S. The third-order valence-electron chi connectivity index (χ3n) is 3.74. The SMILES string of the molecule is CC(C(=O)NCCCc1ccco1)c1ccc(OS(=O)(=O)C(F)(F)F)cc1. The number of amides is 1. The van der Waals surface area contributed by atoms with Gasteiger partial charge in [-0.05, 0) is 43.2 Å². The van der Waals surface area contributed by atoms with E-state index in [1.165, 1.54) is 12.1 Å². The van der Waals surface area contributed by atoms with Gasteiger partial charge in [-0.1, -0.05) is 12.1 Å². The van der Waals surface area contributed by atoms with Crippen molar-refractivity contribution in [3.8, 4) is 5.75 Å². The van der Waals surface area contributed by atoms with E-state index in [0.717, 1.165) is 17.9 Å². The second-order valence-electron chi connectivity index (χ2n) is 5.75. The Morgan fingerprint density at radius 3 is 2.44 bits per heavy atom. The van der Waals surface area contributed by atoms with Crippen molar-refractivity contribution in [2.75, 3.05) is 6.54 Å². The first-order chi connectivity index (χ1) is 12.6. The normalized spacial score (nSPS) is 13.2. The summed E-state index contributed by atoms with van der Waals surface area (Å²) in [5.41, 5.74) is -5.00. The Balaban J connectivity index is 1.87. The van der Waals surface area contributed by atoms with Crippen LogP contribution in [-0.2, 0) is 21.3 Å². The number of hydrogen-bond donors (Lipinski definition) is 1. The summed E-state index contributed by atoms with van der Waals surface area (Å²) in [5.74, 6) is -0.489. The number of halogens is 3. The van der Waals surface area contributed by atoms with E-state index in [1.807, 2.05) is 6.07 Å². The summed E-state index contributed by atoms with van der Waals surface area (Å²) in [6.45, 7) is 2.07. The van der Waals surface area contributed by atoms with Gasteiger partial charge in [-0.25, -0.2) is 0 Å². The van der Waals surface area contributed by atoms with Crippen LogP contribution in [0.15, 0.2) is 47.1 Å². The average molecular weight is 405 g/mol. The summed E-state index contributed by atoms with van der Waals surface area (Å²) in [6, 6.07) is 8.44. The van der Waals surface area contributed by atoms with Crippen LogP contribution in [0.25, 0.3) is 0 Å². The standard InChI is InChI=1S/C17H18F3NO5S/c1-12(16(22)21-10-2-4-14-5-3-11-25-14)13-6-8-15(9-7-13)26-27(23,24)17(18,19)20/h3,5-9,11-12H,2,4,10H2,1H3,(H,21,22). The fourth-order valence-corrected chi connectivity index (χ4v) is 2.68. The molecule has 10 heteroatoms. The number of aryl methyl sites for hydroxylation is 1. The molecule has 6 nitrogen and oxygen atoms in total. The number of benzene rings is 1. The first kappa shape index (κ1) is 20.8. The predicted molar refractivity (Wildman–Crippen MR) is 90.5 cm³/mol. The van der Waals surface area contributed by atoms with Crippen molar-refractivity contribution in [2.45, 2.75) is 31.2 Å². The van der Waals surface area contributed by atoms with E-state index in [-0.39, 0.29) is 5.91 Å². The number of carbonyl (C=O) groups excluding carboxylic acids is 1. The summed E-state index contributed by atoms with van der Waals surface area (Å²) in [4.78, 5) is 12.1. The quantitative estimate of drug-likeness (QED) is 0.414. The predicted octanol–water partition coefficient (Wildman–Crippen LogP) is 3.36. The number of carbonyl (C=O) groups is 1. The van der Waals surface area contributed by atoms with Crippen LogP contribution in [0.3, 0.4) is 0 Å². The Bertz CT molecular complexity index is 846. The maximum absolute atomic E-state index is 12.3. The smallest absolute Gasteiger partial charge is 0.469 e. The number of alkyl halides is 3. The molecule has 1 aromatic heterocycles. The lowest BCUT2D eigenvalue weighted by atomic mass is 10.0. The monoisotopic (exact) mass is 405 g/mol. The molecule has 27 heavy (non-hydrogen) atoms. The van der Waals surface area contributed by atoms with Gasteiger partial charge in [0.15, 0.2) is 0 Å². The van der Waals surface area contributed by atoms with Crippen LogP contribution in [0.4, 0.5) is 13.2 Å². The van der Waals surface area contributed by atoms with E-state index < -0.39 is 27.3 Å². The Labute approximate surface area is 154 Å². The van der Waals surface area contributed by atoms with Gasteiger partial charge in [-0.15, -0.1) is 0 Å². The fraction of sp³-hybridized carbons (Fsp3) is 0.353. The van der Waals surface area contributed by atoms with Gasteiger partial charge in [0.1, 0.15) is 11.5 Å². The van der Waals surface area contributed by atoms with Gasteiger partial charge in [-0.2, -0.15) is 21.6 Å². The van der Waals surface area contributed by atoms with Crippen LogP contribution >= 0.6 is 0 Å². The lowest BCUT2D eigenvalue weighted by Gasteiger charge is -2.14. The van der Waals surface area contributed by atoms with Gasteiger partial charge in [0, 0.05) is 13.0 Å². The molecule has 0 aliphatic carbocycles. The molecular weight excluding hydrogens is 387 g/mol. The summed E-state index contributed by atoms with van der Waals surface area (Å²) < 4.78 is 68.0. The minimum absolute atomic E-state index is 0.258. The van der Waals surface area contributed by atoms with Crippen molar-refractivity contribution in [3.63, 3.8) is 0 Å². The van der Waals surface area contributed by atoms with E-state index in [2.05, 4.69) is 9.50 Å². The van der Waals surface area contributed by atoms with Crippen LogP contribution < -0.4 is 9.50 Å². The zero-order chi connectivity index (χ0) is 20.1. The van der Waals surface area contributed by atoms with Gasteiger partial charge >= 0.3 is 15.6 Å². The van der Waals surface area contributed by atoms with Crippen molar-refractivity contribution in [1.29, 1.82) is 0 Å². The van der Waals surface area contributed by atoms with E-state index >= 15 is 0 Å². The van der Waals surface area contributed by atoms with E-state index in [9.17, 15) is 26.4 Å². The fourth-order valence-electron chi connectivity index (χ4n) is 2.22. The van der Waals surface area contributed by atoms with Crippen molar-refractivity contribution in [3.05, 3.63) is 54.0 Å².